The zero-order valence-corrected chi connectivity index (χ0v) is 32.7. The van der Waals surface area contributed by atoms with Crippen LogP contribution in [0.5, 0.6) is 0 Å². The summed E-state index contributed by atoms with van der Waals surface area (Å²) in [5, 5.41) is 1.08. The van der Waals surface area contributed by atoms with Crippen LogP contribution in [0.1, 0.15) is 54.2 Å². The third-order valence-corrected chi connectivity index (χ3v) is 14.3. The van der Waals surface area contributed by atoms with Crippen molar-refractivity contribution in [3.8, 4) is 0 Å². The van der Waals surface area contributed by atoms with Crippen molar-refractivity contribution in [1.82, 2.24) is 23.9 Å². The van der Waals surface area contributed by atoms with Crippen molar-refractivity contribution in [2.24, 2.45) is 0 Å². The Morgan fingerprint density at radius 2 is 1.13 bits per heavy atom. The Hall–Kier alpha value is -5.11. The van der Waals surface area contributed by atoms with E-state index in [4.69, 9.17) is 4.98 Å². The molecule has 5 nitrogen and oxygen atoms in total. The third-order valence-electron chi connectivity index (χ3n) is 12.0. The summed E-state index contributed by atoms with van der Waals surface area (Å²) in [6, 6.07) is 27.4. The molecule has 262 valence electrons. The van der Waals surface area contributed by atoms with Gasteiger partial charge in [-0.2, -0.15) is 0 Å². The predicted molar refractivity (Wildman–Crippen MR) is 232 cm³/mol. The van der Waals surface area contributed by atoms with Gasteiger partial charge in [-0.25, -0.2) is 4.98 Å². The highest BCUT2D eigenvalue weighted by atomic mass is 32.2. The normalized spacial score (nSPS) is 21.0. The van der Waals surface area contributed by atoms with Crippen LogP contribution in [-0.2, 0) is 10.8 Å². The Balaban J connectivity index is 1.17. The first-order valence-electron chi connectivity index (χ1n) is 19.2. The fourth-order valence-electron chi connectivity index (χ4n) is 9.67. The molecule has 0 bridgehead atoms. The predicted octanol–water partition coefficient (Wildman–Crippen LogP) is 9.18. The maximum atomic E-state index is 5.03. The van der Waals surface area contributed by atoms with E-state index < -0.39 is 5.41 Å². The highest BCUT2D eigenvalue weighted by Gasteiger charge is 2.52. The van der Waals surface area contributed by atoms with Gasteiger partial charge >= 0.3 is 27.9 Å². The monoisotopic (exact) mass is 743 g/mol. The molecule has 11 rings (SSSR count). The molecule has 0 aliphatic carbocycles. The van der Waals surface area contributed by atoms with E-state index in [9.17, 15) is 0 Å². The second kappa shape index (κ2) is 12.5. The molecule has 0 N–H and O–H groups in total. The molecule has 7 aliphatic rings. The van der Waals surface area contributed by atoms with Crippen molar-refractivity contribution in [3.63, 3.8) is 0 Å². The topological polar surface area (TPSA) is 25.9 Å². The van der Waals surface area contributed by atoms with Gasteiger partial charge in [-0.1, -0.05) is 141 Å². The smallest absolute Gasteiger partial charge is 0.381 e. The second-order valence-electron chi connectivity index (χ2n) is 16.0. The van der Waals surface area contributed by atoms with E-state index in [-0.39, 0.29) is 33.3 Å². The van der Waals surface area contributed by atoms with Crippen molar-refractivity contribution in [1.29, 1.82) is 0 Å². The first-order chi connectivity index (χ1) is 26.9. The van der Waals surface area contributed by atoms with E-state index in [2.05, 4.69) is 204 Å². The highest BCUT2D eigenvalue weighted by molar-refractivity contribution is 8.00. The van der Waals surface area contributed by atoms with Gasteiger partial charge in [-0.15, -0.1) is 0 Å². The van der Waals surface area contributed by atoms with Gasteiger partial charge in [-0.3, -0.25) is 0 Å². The molecule has 1 spiro atoms. The first-order valence-corrected chi connectivity index (χ1v) is 20.8. The van der Waals surface area contributed by atoms with E-state index in [1.54, 1.807) is 11.8 Å². The minimum absolute atomic E-state index is 0.0319. The zero-order valence-electron chi connectivity index (χ0n) is 31.0. The van der Waals surface area contributed by atoms with Gasteiger partial charge in [-0.05, 0) is 106 Å². The molecule has 8 heterocycles. The minimum atomic E-state index is -0.520. The van der Waals surface area contributed by atoms with Crippen LogP contribution in [-0.4, -0.2) is 51.8 Å². The number of pyridine rings is 1. The molecule has 55 heavy (non-hydrogen) atoms. The summed E-state index contributed by atoms with van der Waals surface area (Å²) >= 11 is 3.73. The molecule has 0 saturated carbocycles. The summed E-state index contributed by atoms with van der Waals surface area (Å²) in [6.45, 7) is 7.17. The van der Waals surface area contributed by atoms with Gasteiger partial charge in [0.25, 0.3) is 0 Å². The molecule has 4 aromatic rings. The third kappa shape index (κ3) is 4.85. The lowest BCUT2D eigenvalue weighted by molar-refractivity contribution is 0.582. The van der Waals surface area contributed by atoms with Crippen molar-refractivity contribution >= 4 is 57.0 Å². The van der Waals surface area contributed by atoms with Gasteiger partial charge in [0.15, 0.2) is 0 Å². The number of allylic oxidation sites excluding steroid dienone is 8. The van der Waals surface area contributed by atoms with Crippen LogP contribution >= 0.6 is 23.5 Å². The minimum Gasteiger partial charge on any atom is -0.423 e. The van der Waals surface area contributed by atoms with Gasteiger partial charge in [0.1, 0.15) is 5.03 Å². The van der Waals surface area contributed by atoms with Gasteiger partial charge in [0.2, 0.25) is 0 Å². The lowest BCUT2D eigenvalue weighted by atomic mass is 9.41. The van der Waals surface area contributed by atoms with Crippen LogP contribution in [0.3, 0.4) is 0 Å². The molecule has 0 radical (unpaired) electrons. The second-order valence-corrected chi connectivity index (χ2v) is 18.1. The van der Waals surface area contributed by atoms with E-state index in [1.807, 2.05) is 18.0 Å². The van der Waals surface area contributed by atoms with Crippen molar-refractivity contribution in [2.45, 2.75) is 51.3 Å². The molecule has 1 atom stereocenters. The quantitative estimate of drug-likeness (QED) is 0.155. The Morgan fingerprint density at radius 3 is 1.76 bits per heavy atom. The number of hydrogen-bond acceptors (Lipinski definition) is 7. The largest absolute Gasteiger partial charge is 0.423 e. The maximum absolute atomic E-state index is 5.03. The average Bonchev–Trinajstić information content (AvgIpc) is 3.22. The molecular formula is C44H37B4N5S2. The van der Waals surface area contributed by atoms with Gasteiger partial charge in [0, 0.05) is 26.4 Å². The standard InChI is InChI=1S/C44H37B4N5S2/c1-43(2,3)35-20-21-36-41(54-38-18-6-4-15-33(38)44(36)34-16-5-7-19-39(34)55-42-37(44)17-14-26-49-42)40(35)32-22-30-53-47-25-9-12-28-51(47)45-23-8-11-27-50(45)46-24-10-13-29-52(46)48(53)31-32/h4-31H,1-3H3. The average molecular weight is 743 g/mol. The summed E-state index contributed by atoms with van der Waals surface area (Å²) in [6.07, 6.45) is 26.5. The Bertz CT molecular complexity index is 2440. The number of nitrogens with zero attached hydrogens (tertiary/aromatic N) is 5. The van der Waals surface area contributed by atoms with E-state index in [0.29, 0.717) is 0 Å². The number of hydrogen-bond donors (Lipinski definition) is 0. The Labute approximate surface area is 334 Å². The van der Waals surface area contributed by atoms with Gasteiger partial charge < -0.3 is 18.9 Å². The van der Waals surface area contributed by atoms with E-state index >= 15 is 0 Å². The lowest BCUT2D eigenvalue weighted by Gasteiger charge is -2.53. The first kappa shape index (κ1) is 33.2. The summed E-state index contributed by atoms with van der Waals surface area (Å²) in [4.78, 5) is 8.91. The molecule has 3 aromatic carbocycles. The van der Waals surface area contributed by atoms with Gasteiger partial charge in [0.05, 0.1) is 5.41 Å². The van der Waals surface area contributed by atoms with E-state index in [0.717, 1.165) is 5.03 Å². The molecule has 0 amide bonds. The van der Waals surface area contributed by atoms with Crippen LogP contribution in [0.25, 0.3) is 5.57 Å². The number of benzene rings is 3. The Kier molecular flexibility index (Phi) is 7.53. The fourth-order valence-corrected chi connectivity index (χ4v) is 12.2. The molecule has 1 fully saturated rings. The van der Waals surface area contributed by atoms with Crippen LogP contribution in [0.4, 0.5) is 0 Å². The zero-order chi connectivity index (χ0) is 36.9. The number of aromatic nitrogens is 1. The number of rotatable bonds is 1. The molecule has 7 aliphatic heterocycles. The van der Waals surface area contributed by atoms with Crippen LogP contribution < -0.4 is 0 Å². The van der Waals surface area contributed by atoms with E-state index in [1.165, 1.54) is 53.6 Å². The Morgan fingerprint density at radius 1 is 0.564 bits per heavy atom. The summed E-state index contributed by atoms with van der Waals surface area (Å²) in [7, 11) is 0. The molecule has 11 heteroatoms. The highest BCUT2D eigenvalue weighted by Crippen LogP contribution is 2.62. The SMILES string of the molecule is CC(C)(C)c1ccc2c(c1C1=CB3N4C=CC=CB4N4C=CC=CB4N4C=CC=CB4N3C=C1)Sc1ccccc1C21c2ccccc2Sc2ncccc21. The van der Waals surface area contributed by atoms with Crippen molar-refractivity contribution in [2.75, 3.05) is 0 Å². The van der Waals surface area contributed by atoms with Crippen molar-refractivity contribution in [3.05, 3.63) is 204 Å². The summed E-state index contributed by atoms with van der Waals surface area (Å²) < 4.78 is 10.0. The molecule has 1 unspecified atom stereocenters. The number of fused-ring (bicyclic) bond motifs is 16. The molecule has 1 saturated heterocycles. The fraction of sp³-hybridized carbons (Fsp3) is 0.114. The molecule has 1 aromatic heterocycles. The van der Waals surface area contributed by atoms with Crippen molar-refractivity contribution < 1.29 is 0 Å². The van der Waals surface area contributed by atoms with Crippen LogP contribution in [0.2, 0.25) is 0 Å². The lowest BCUT2D eigenvalue weighted by Crippen LogP contribution is -2.73. The molecular weight excluding hydrogens is 706 g/mol. The maximum Gasteiger partial charge on any atom is 0.381 e. The summed E-state index contributed by atoms with van der Waals surface area (Å²) in [5.41, 5.74) is 8.54. The summed E-state index contributed by atoms with van der Waals surface area (Å²) in [5.74, 6) is 9.50. The van der Waals surface area contributed by atoms with Crippen LogP contribution in [0, 0.1) is 0 Å². The van der Waals surface area contributed by atoms with Crippen LogP contribution in [0.15, 0.2) is 190 Å².